The highest BCUT2D eigenvalue weighted by Gasteiger charge is 2.38. The first-order valence-corrected chi connectivity index (χ1v) is 7.94. The maximum absolute atomic E-state index is 12.2. The number of hydrogen-bond donors (Lipinski definition) is 2. The molecule has 0 aromatic carbocycles. The van der Waals surface area contributed by atoms with Crippen molar-refractivity contribution in [3.05, 3.63) is 0 Å². The summed E-state index contributed by atoms with van der Waals surface area (Å²) in [4.78, 5) is 12.6. The van der Waals surface area contributed by atoms with E-state index >= 15 is 0 Å². The summed E-state index contributed by atoms with van der Waals surface area (Å²) < 4.78 is 5.07. The Labute approximate surface area is 127 Å². The van der Waals surface area contributed by atoms with Gasteiger partial charge in [-0.3, -0.25) is 4.79 Å². The normalized spacial score (nSPS) is 27.9. The van der Waals surface area contributed by atoms with Crippen LogP contribution in [0.5, 0.6) is 0 Å². The summed E-state index contributed by atoms with van der Waals surface area (Å²) in [6, 6.07) is 0. The van der Waals surface area contributed by atoms with E-state index in [0.717, 1.165) is 31.6 Å². The van der Waals surface area contributed by atoms with Crippen molar-refractivity contribution in [2.45, 2.75) is 57.9 Å². The largest absolute Gasteiger partial charge is 0.391 e. The lowest BCUT2D eigenvalue weighted by atomic mass is 9.75. The van der Waals surface area contributed by atoms with E-state index in [1.165, 1.54) is 6.42 Å². The van der Waals surface area contributed by atoms with Crippen molar-refractivity contribution in [1.29, 1.82) is 0 Å². The first-order valence-electron chi connectivity index (χ1n) is 7.53. The number of nitrogens with two attached hydrogens (primary N) is 1. The lowest BCUT2D eigenvalue weighted by Crippen LogP contribution is -2.58. The summed E-state index contributed by atoms with van der Waals surface area (Å²) in [6.45, 7) is 4.80. The van der Waals surface area contributed by atoms with Gasteiger partial charge in [-0.2, -0.15) is 0 Å². The van der Waals surface area contributed by atoms with E-state index in [1.807, 2.05) is 6.92 Å². The second-order valence-corrected chi connectivity index (χ2v) is 6.55. The minimum atomic E-state index is -0.467. The number of nitrogens with one attached hydrogen (secondary N) is 1. The maximum Gasteiger partial charge on any atom is 0.221 e. The van der Waals surface area contributed by atoms with Crippen LogP contribution in [0.4, 0.5) is 0 Å². The lowest BCUT2D eigenvalue weighted by Gasteiger charge is -2.40. The quantitative estimate of drug-likeness (QED) is 0.709. The van der Waals surface area contributed by atoms with Gasteiger partial charge in [0.15, 0.2) is 0 Å². The molecule has 0 saturated heterocycles. The van der Waals surface area contributed by atoms with Gasteiger partial charge in [0, 0.05) is 20.1 Å². The van der Waals surface area contributed by atoms with E-state index in [0.29, 0.717) is 18.0 Å². The number of carbonyl (C=O) groups is 1. The Morgan fingerprint density at radius 3 is 2.55 bits per heavy atom. The molecule has 1 amide bonds. The number of ether oxygens (including phenoxy) is 1. The lowest BCUT2D eigenvalue weighted by molar-refractivity contribution is -0.123. The minimum absolute atomic E-state index is 0.0253. The molecule has 4 nitrogen and oxygen atoms in total. The molecule has 1 rings (SSSR count). The molecule has 3 N–H and O–H groups in total. The van der Waals surface area contributed by atoms with Crippen LogP contribution in [0.25, 0.3) is 0 Å². The predicted octanol–water partition coefficient (Wildman–Crippen LogP) is 2.40. The van der Waals surface area contributed by atoms with Gasteiger partial charge in [-0.1, -0.05) is 32.5 Å². The fourth-order valence-electron chi connectivity index (χ4n) is 2.99. The van der Waals surface area contributed by atoms with E-state index in [9.17, 15) is 4.79 Å². The van der Waals surface area contributed by atoms with Crippen LogP contribution in [0, 0.1) is 11.8 Å². The zero-order valence-electron chi connectivity index (χ0n) is 12.9. The van der Waals surface area contributed by atoms with Crippen molar-refractivity contribution in [1.82, 2.24) is 5.32 Å². The molecular weight excluding hydrogens is 272 g/mol. The maximum atomic E-state index is 12.2. The highest BCUT2D eigenvalue weighted by atomic mass is 32.1. The van der Waals surface area contributed by atoms with Crippen LogP contribution in [0.2, 0.25) is 0 Å². The molecule has 1 saturated carbocycles. The van der Waals surface area contributed by atoms with Gasteiger partial charge in [0.05, 0.1) is 10.5 Å². The van der Waals surface area contributed by atoms with Crippen LogP contribution in [-0.4, -0.2) is 30.2 Å². The van der Waals surface area contributed by atoms with Crippen molar-refractivity contribution in [3.63, 3.8) is 0 Å². The Kier molecular flexibility index (Phi) is 6.89. The summed E-state index contributed by atoms with van der Waals surface area (Å²) in [7, 11) is 1.65. The molecule has 1 fully saturated rings. The van der Waals surface area contributed by atoms with Gasteiger partial charge in [0.1, 0.15) is 0 Å². The fourth-order valence-corrected chi connectivity index (χ4v) is 3.24. The average Bonchev–Trinajstić information content (AvgIpc) is 2.39. The first kappa shape index (κ1) is 17.4. The van der Waals surface area contributed by atoms with Gasteiger partial charge in [-0.15, -0.1) is 0 Å². The molecule has 1 unspecified atom stereocenters. The summed E-state index contributed by atoms with van der Waals surface area (Å²) in [5.74, 6) is 0.967. The van der Waals surface area contributed by atoms with Gasteiger partial charge in [0.25, 0.3) is 0 Å². The number of amides is 1. The summed E-state index contributed by atoms with van der Waals surface area (Å²) in [6.07, 6.45) is 5.54. The first-order chi connectivity index (χ1) is 9.43. The Morgan fingerprint density at radius 2 is 2.10 bits per heavy atom. The molecule has 0 bridgehead atoms. The number of rotatable bonds is 7. The SMILES string of the molecule is CCC1CCC(NC(=O)CC(C)COC)(C(N)=S)CC1. The number of thiocarbonyl (C=S) groups is 1. The standard InChI is InChI=1S/C15H28N2O2S/c1-4-12-5-7-15(8-6-12,14(16)20)17-13(18)9-11(2)10-19-3/h11-12H,4-10H2,1-3H3,(H2,16,20)(H,17,18). The molecule has 5 heteroatoms. The molecule has 0 heterocycles. The Bertz CT molecular complexity index is 339. The molecule has 116 valence electrons. The average molecular weight is 300 g/mol. The van der Waals surface area contributed by atoms with E-state index < -0.39 is 5.54 Å². The van der Waals surface area contributed by atoms with Crippen molar-refractivity contribution < 1.29 is 9.53 Å². The Balaban J connectivity index is 2.59. The Hall–Kier alpha value is -0.680. The van der Waals surface area contributed by atoms with Crippen LogP contribution in [0.1, 0.15) is 52.4 Å². The van der Waals surface area contributed by atoms with Crippen LogP contribution in [0.15, 0.2) is 0 Å². The molecule has 0 aliphatic heterocycles. The molecule has 1 aliphatic carbocycles. The van der Waals surface area contributed by atoms with Crippen molar-refractivity contribution in [3.8, 4) is 0 Å². The van der Waals surface area contributed by atoms with E-state index in [1.54, 1.807) is 7.11 Å². The third-order valence-corrected chi connectivity index (χ3v) is 4.76. The smallest absolute Gasteiger partial charge is 0.221 e. The van der Waals surface area contributed by atoms with Crippen molar-refractivity contribution in [2.75, 3.05) is 13.7 Å². The summed E-state index contributed by atoms with van der Waals surface area (Å²) in [5, 5.41) is 3.11. The van der Waals surface area contributed by atoms with Crippen LogP contribution in [0.3, 0.4) is 0 Å². The minimum Gasteiger partial charge on any atom is -0.391 e. The highest BCUT2D eigenvalue weighted by Crippen LogP contribution is 2.34. The monoisotopic (exact) mass is 300 g/mol. The second-order valence-electron chi connectivity index (χ2n) is 6.11. The Morgan fingerprint density at radius 1 is 1.50 bits per heavy atom. The third kappa shape index (κ3) is 4.70. The molecule has 20 heavy (non-hydrogen) atoms. The summed E-state index contributed by atoms with van der Waals surface area (Å²) in [5.41, 5.74) is 5.45. The van der Waals surface area contributed by atoms with Crippen molar-refractivity contribution in [2.24, 2.45) is 17.6 Å². The molecule has 1 atom stereocenters. The number of hydrogen-bond acceptors (Lipinski definition) is 3. The highest BCUT2D eigenvalue weighted by molar-refractivity contribution is 7.80. The van der Waals surface area contributed by atoms with Crippen LogP contribution in [-0.2, 0) is 9.53 Å². The van der Waals surface area contributed by atoms with Gasteiger partial charge >= 0.3 is 0 Å². The van der Waals surface area contributed by atoms with Gasteiger partial charge in [-0.25, -0.2) is 0 Å². The van der Waals surface area contributed by atoms with Gasteiger partial charge in [-0.05, 0) is 37.5 Å². The summed E-state index contributed by atoms with van der Waals surface area (Å²) >= 11 is 5.22. The molecule has 0 radical (unpaired) electrons. The second kappa shape index (κ2) is 7.93. The number of carbonyl (C=O) groups excluding carboxylic acids is 1. The number of methoxy groups -OCH3 is 1. The molecular formula is C15H28N2O2S. The predicted molar refractivity (Wildman–Crippen MR) is 85.6 cm³/mol. The van der Waals surface area contributed by atoms with Crippen LogP contribution >= 0.6 is 12.2 Å². The van der Waals surface area contributed by atoms with Crippen molar-refractivity contribution >= 4 is 23.1 Å². The molecule has 1 aliphatic rings. The topological polar surface area (TPSA) is 64.3 Å². The molecule has 0 aromatic heterocycles. The molecule has 0 aromatic rings. The fraction of sp³-hybridized carbons (Fsp3) is 0.867. The molecule has 0 spiro atoms. The van der Waals surface area contributed by atoms with Crippen LogP contribution < -0.4 is 11.1 Å². The van der Waals surface area contributed by atoms with E-state index in [2.05, 4.69) is 12.2 Å². The van der Waals surface area contributed by atoms with E-state index in [4.69, 9.17) is 22.7 Å². The van der Waals surface area contributed by atoms with E-state index in [-0.39, 0.29) is 11.8 Å². The zero-order chi connectivity index (χ0) is 15.2. The third-order valence-electron chi connectivity index (χ3n) is 4.37. The van der Waals surface area contributed by atoms with Gasteiger partial charge in [0.2, 0.25) is 5.91 Å². The van der Waals surface area contributed by atoms with Gasteiger partial charge < -0.3 is 15.8 Å². The zero-order valence-corrected chi connectivity index (χ0v) is 13.7.